The maximum atomic E-state index is 9.74. The molecule has 0 aromatic carbocycles. The van der Waals surface area contributed by atoms with Crippen LogP contribution in [0.15, 0.2) is 5.29 Å². The number of hydrogen-bond acceptors (Lipinski definition) is 4. The van der Waals surface area contributed by atoms with E-state index in [4.69, 9.17) is 10.2 Å². The fraction of sp³-hybridized carbons (Fsp3) is 1.00. The minimum atomic E-state index is -1.04. The lowest BCUT2D eigenvalue weighted by Gasteiger charge is -2.20. The van der Waals surface area contributed by atoms with Crippen molar-refractivity contribution in [1.29, 1.82) is 0 Å². The summed E-state index contributed by atoms with van der Waals surface area (Å²) in [6.45, 7) is 2.68. The van der Waals surface area contributed by atoms with Crippen molar-refractivity contribution in [3.05, 3.63) is 4.91 Å². The van der Waals surface area contributed by atoms with Crippen molar-refractivity contribution < 1.29 is 10.2 Å². The zero-order valence-corrected chi connectivity index (χ0v) is 5.35. The van der Waals surface area contributed by atoms with Crippen LogP contribution in [0.3, 0.4) is 0 Å². The molecule has 0 aromatic rings. The van der Waals surface area contributed by atoms with Crippen molar-refractivity contribution in [3.8, 4) is 0 Å². The van der Waals surface area contributed by atoms with Gasteiger partial charge in [-0.1, -0.05) is 0 Å². The lowest BCUT2D eigenvalue weighted by Crippen LogP contribution is -2.34. The molecule has 0 fully saturated rings. The molecule has 0 saturated carbocycles. The monoisotopic (exact) mass is 134 g/mol. The molecule has 0 amide bonds. The van der Waals surface area contributed by atoms with Crippen LogP contribution in [0.4, 0.5) is 0 Å². The van der Waals surface area contributed by atoms with E-state index in [0.717, 1.165) is 0 Å². The van der Waals surface area contributed by atoms with Crippen molar-refractivity contribution in [2.45, 2.75) is 26.3 Å². The Morgan fingerprint density at radius 2 is 1.67 bits per heavy atom. The van der Waals surface area contributed by atoms with Crippen molar-refractivity contribution in [3.63, 3.8) is 0 Å². The second kappa shape index (κ2) is 3.37. The summed E-state index contributed by atoms with van der Waals surface area (Å²) in [6, 6.07) is 0. The molecule has 0 spiro atoms. The first kappa shape index (κ1) is 8.32. The first-order chi connectivity index (χ1) is 4.09. The van der Waals surface area contributed by atoms with Crippen molar-refractivity contribution in [2.75, 3.05) is 0 Å². The normalized spacial score (nSPS) is 16.4. The van der Waals surface area contributed by atoms with Crippen LogP contribution in [0.2, 0.25) is 0 Å². The Morgan fingerprint density at radius 3 is 1.67 bits per heavy atom. The first-order valence-corrected chi connectivity index (χ1v) is 2.57. The van der Waals surface area contributed by atoms with E-state index in [1.165, 1.54) is 13.8 Å². The summed E-state index contributed by atoms with van der Waals surface area (Å²) in [5.41, 5.74) is 0. The van der Waals surface area contributed by atoms with E-state index in [-0.39, 0.29) is 0 Å². The fourth-order valence-corrected chi connectivity index (χ4v) is 0.449. The molecule has 9 heavy (non-hydrogen) atoms. The lowest BCUT2D eigenvalue weighted by molar-refractivity contribution is -0.0844. The minimum absolute atomic E-state index is 0.639. The van der Waals surface area contributed by atoms with Crippen molar-refractivity contribution in [2.24, 2.45) is 5.29 Å². The number of nitrogens with zero attached hydrogens (tertiary/aromatic N) is 2. The summed E-state index contributed by atoms with van der Waals surface area (Å²) in [6.07, 6.45) is -2.08. The third-order valence-corrected chi connectivity index (χ3v) is 0.860. The molecule has 2 N–H and O–H groups in total. The Bertz CT molecular complexity index is 85.8. The molecule has 0 heterocycles. The van der Waals surface area contributed by atoms with E-state index in [9.17, 15) is 4.91 Å². The fourth-order valence-electron chi connectivity index (χ4n) is 0.449. The maximum Gasteiger partial charge on any atom is 0.145 e. The van der Waals surface area contributed by atoms with Crippen LogP contribution >= 0.6 is 0 Å². The van der Waals surface area contributed by atoms with E-state index in [2.05, 4.69) is 5.29 Å². The first-order valence-electron chi connectivity index (χ1n) is 2.57. The van der Waals surface area contributed by atoms with Gasteiger partial charge in [-0.3, -0.25) is 0 Å². The number of hydrogen-bond donors (Lipinski definition) is 2. The van der Waals surface area contributed by atoms with E-state index in [1.54, 1.807) is 0 Å². The summed E-state index contributed by atoms with van der Waals surface area (Å²) >= 11 is 0. The van der Waals surface area contributed by atoms with Gasteiger partial charge >= 0.3 is 0 Å². The number of nitroso groups, excluding NO2 is 1. The third kappa shape index (κ3) is 2.39. The Labute approximate surface area is 52.8 Å². The van der Waals surface area contributed by atoms with E-state index in [1.807, 2.05) is 0 Å². The van der Waals surface area contributed by atoms with Gasteiger partial charge in [-0.2, -0.15) is 0 Å². The van der Waals surface area contributed by atoms with Crippen LogP contribution in [0.1, 0.15) is 13.8 Å². The summed E-state index contributed by atoms with van der Waals surface area (Å²) < 4.78 is 0. The van der Waals surface area contributed by atoms with E-state index < -0.39 is 12.5 Å². The molecule has 0 radical (unpaired) electrons. The average Bonchev–Trinajstić information content (AvgIpc) is 1.64. The average molecular weight is 134 g/mol. The maximum absolute atomic E-state index is 9.74. The van der Waals surface area contributed by atoms with Crippen LogP contribution in [-0.2, 0) is 0 Å². The predicted octanol–water partition coefficient (Wildman–Crippen LogP) is -0.354. The number of aliphatic hydroxyl groups is 2. The van der Waals surface area contributed by atoms with Gasteiger partial charge in [0.1, 0.15) is 12.5 Å². The van der Waals surface area contributed by atoms with Gasteiger partial charge in [0.15, 0.2) is 0 Å². The van der Waals surface area contributed by atoms with Gasteiger partial charge in [-0.25, -0.2) is 5.01 Å². The van der Waals surface area contributed by atoms with Crippen molar-refractivity contribution in [1.82, 2.24) is 5.01 Å². The Hall–Kier alpha value is -0.680. The molecule has 2 unspecified atom stereocenters. The van der Waals surface area contributed by atoms with Crippen molar-refractivity contribution >= 4 is 0 Å². The van der Waals surface area contributed by atoms with Crippen LogP contribution in [-0.4, -0.2) is 27.7 Å². The predicted molar refractivity (Wildman–Crippen MR) is 31.0 cm³/mol. The second-order valence-corrected chi connectivity index (χ2v) is 1.73. The minimum Gasteiger partial charge on any atom is -0.372 e. The molecule has 0 aliphatic rings. The zero-order chi connectivity index (χ0) is 7.44. The van der Waals surface area contributed by atoms with Gasteiger partial charge in [0, 0.05) is 0 Å². The van der Waals surface area contributed by atoms with Crippen LogP contribution in [0, 0.1) is 4.91 Å². The molecule has 54 valence electrons. The number of rotatable bonds is 3. The summed E-state index contributed by atoms with van der Waals surface area (Å²) in [7, 11) is 0. The SMILES string of the molecule is CC(O)N(N=O)C(C)O. The van der Waals surface area contributed by atoms with Gasteiger partial charge in [0.25, 0.3) is 0 Å². The van der Waals surface area contributed by atoms with Gasteiger partial charge in [-0.15, -0.1) is 4.91 Å². The Morgan fingerprint density at radius 1 is 1.33 bits per heavy atom. The molecular formula is C4H10N2O3. The van der Waals surface area contributed by atoms with E-state index >= 15 is 0 Å². The molecule has 0 bridgehead atoms. The van der Waals surface area contributed by atoms with E-state index in [0.29, 0.717) is 5.01 Å². The van der Waals surface area contributed by atoms with Gasteiger partial charge < -0.3 is 10.2 Å². The molecule has 0 aromatic heterocycles. The summed E-state index contributed by atoms with van der Waals surface area (Å²) in [4.78, 5) is 9.74. The summed E-state index contributed by atoms with van der Waals surface area (Å²) in [5.74, 6) is 0. The molecule has 5 nitrogen and oxygen atoms in total. The molecule has 0 rings (SSSR count). The smallest absolute Gasteiger partial charge is 0.145 e. The highest BCUT2D eigenvalue weighted by Crippen LogP contribution is 1.99. The molecule has 0 saturated heterocycles. The Balaban J connectivity index is 3.82. The highest BCUT2D eigenvalue weighted by Gasteiger charge is 2.13. The largest absolute Gasteiger partial charge is 0.372 e. The Kier molecular flexibility index (Phi) is 3.11. The van der Waals surface area contributed by atoms with Crippen LogP contribution < -0.4 is 0 Å². The lowest BCUT2D eigenvalue weighted by atomic mass is 10.5. The van der Waals surface area contributed by atoms with Gasteiger partial charge in [-0.05, 0) is 13.8 Å². The second-order valence-electron chi connectivity index (χ2n) is 1.73. The molecule has 0 aliphatic heterocycles. The quantitative estimate of drug-likeness (QED) is 0.314. The molecular weight excluding hydrogens is 124 g/mol. The number of aliphatic hydroxyl groups excluding tert-OH is 2. The highest BCUT2D eigenvalue weighted by molar-refractivity contribution is 4.49. The van der Waals surface area contributed by atoms with Gasteiger partial charge in [0.2, 0.25) is 0 Å². The standard InChI is InChI=1S/C4H10N2O3/c1-3(7)6(5-9)4(2)8/h3-4,7-8H,1-2H3. The molecule has 0 aliphatic carbocycles. The topological polar surface area (TPSA) is 73.1 Å². The highest BCUT2D eigenvalue weighted by atomic mass is 16.4. The molecule has 2 atom stereocenters. The summed E-state index contributed by atoms with van der Waals surface area (Å²) in [5, 5.41) is 20.3. The van der Waals surface area contributed by atoms with Gasteiger partial charge in [0.05, 0.1) is 5.29 Å². The van der Waals surface area contributed by atoms with Crippen LogP contribution in [0.25, 0.3) is 0 Å². The zero-order valence-electron chi connectivity index (χ0n) is 5.35. The third-order valence-electron chi connectivity index (χ3n) is 0.860. The van der Waals surface area contributed by atoms with Crippen LogP contribution in [0.5, 0.6) is 0 Å². The molecule has 5 heteroatoms.